The highest BCUT2D eigenvalue weighted by molar-refractivity contribution is 7.92. The van der Waals surface area contributed by atoms with Crippen LogP contribution >= 0.6 is 11.3 Å². The number of rotatable bonds is 7. The standard InChI is InChI=1S/C17H14F3N3O4S3/c18-17(19,20)30(26,27)22-11-16-21-10-15(28-16)12-6-8-13(9-7-12)23-29(24,25)14-4-2-1-3-5-14/h1-10,22-23H,11H2. The van der Waals surface area contributed by atoms with Gasteiger partial charge >= 0.3 is 15.5 Å². The van der Waals surface area contributed by atoms with E-state index in [0.717, 1.165) is 11.3 Å². The number of benzene rings is 2. The van der Waals surface area contributed by atoms with Gasteiger partial charge in [0.05, 0.1) is 16.3 Å². The number of anilines is 1. The van der Waals surface area contributed by atoms with Gasteiger partial charge in [0.1, 0.15) is 5.01 Å². The number of alkyl halides is 3. The van der Waals surface area contributed by atoms with Gasteiger partial charge in [0.2, 0.25) is 0 Å². The lowest BCUT2D eigenvalue weighted by atomic mass is 10.2. The minimum Gasteiger partial charge on any atom is -0.280 e. The van der Waals surface area contributed by atoms with Crippen LogP contribution in [0.25, 0.3) is 10.4 Å². The van der Waals surface area contributed by atoms with Gasteiger partial charge in [-0.15, -0.1) is 11.3 Å². The van der Waals surface area contributed by atoms with E-state index >= 15 is 0 Å². The Balaban J connectivity index is 1.69. The maximum atomic E-state index is 12.4. The molecule has 0 bridgehead atoms. The molecule has 0 spiro atoms. The number of sulfonamides is 2. The lowest BCUT2D eigenvalue weighted by molar-refractivity contribution is -0.0448. The highest BCUT2D eigenvalue weighted by Gasteiger charge is 2.45. The van der Waals surface area contributed by atoms with Crippen molar-refractivity contribution in [2.45, 2.75) is 16.9 Å². The van der Waals surface area contributed by atoms with E-state index in [-0.39, 0.29) is 9.90 Å². The summed E-state index contributed by atoms with van der Waals surface area (Å²) in [5.41, 5.74) is -4.43. The number of thiazole rings is 1. The number of nitrogens with zero attached hydrogens (tertiary/aromatic N) is 1. The average Bonchev–Trinajstić information content (AvgIpc) is 3.16. The average molecular weight is 478 g/mol. The number of hydrogen-bond donors (Lipinski definition) is 2. The monoisotopic (exact) mass is 477 g/mol. The van der Waals surface area contributed by atoms with Crippen LogP contribution in [0.15, 0.2) is 65.7 Å². The molecule has 2 aromatic carbocycles. The molecule has 30 heavy (non-hydrogen) atoms. The lowest BCUT2D eigenvalue weighted by Gasteiger charge is -2.08. The summed E-state index contributed by atoms with van der Waals surface area (Å²) in [5.74, 6) is 0. The molecular weight excluding hydrogens is 463 g/mol. The van der Waals surface area contributed by atoms with E-state index < -0.39 is 32.1 Å². The molecule has 0 fully saturated rings. The van der Waals surface area contributed by atoms with Crippen LogP contribution in [0.1, 0.15) is 5.01 Å². The van der Waals surface area contributed by atoms with Crippen molar-refractivity contribution in [3.8, 4) is 10.4 Å². The molecule has 0 unspecified atom stereocenters. The Morgan fingerprint density at radius 2 is 1.57 bits per heavy atom. The van der Waals surface area contributed by atoms with E-state index in [1.54, 1.807) is 30.3 Å². The van der Waals surface area contributed by atoms with Crippen molar-refractivity contribution >= 4 is 37.1 Å². The van der Waals surface area contributed by atoms with Gasteiger partial charge in [0.15, 0.2) is 0 Å². The van der Waals surface area contributed by atoms with Gasteiger partial charge in [-0.3, -0.25) is 4.72 Å². The van der Waals surface area contributed by atoms with Crippen LogP contribution in [0.5, 0.6) is 0 Å². The Hall–Kier alpha value is -2.48. The summed E-state index contributed by atoms with van der Waals surface area (Å²) in [6.07, 6.45) is 1.39. The van der Waals surface area contributed by atoms with Crippen molar-refractivity contribution < 1.29 is 30.0 Å². The minimum absolute atomic E-state index is 0.113. The molecule has 0 aliphatic heterocycles. The highest BCUT2D eigenvalue weighted by Crippen LogP contribution is 2.28. The van der Waals surface area contributed by atoms with Gasteiger partial charge in [-0.2, -0.15) is 13.2 Å². The van der Waals surface area contributed by atoms with E-state index in [2.05, 4.69) is 9.71 Å². The molecule has 1 aromatic heterocycles. The molecule has 0 saturated heterocycles. The first-order valence-electron chi connectivity index (χ1n) is 8.17. The van der Waals surface area contributed by atoms with Crippen molar-refractivity contribution in [1.29, 1.82) is 0 Å². The molecule has 13 heteroatoms. The van der Waals surface area contributed by atoms with E-state index in [9.17, 15) is 30.0 Å². The summed E-state index contributed by atoms with van der Waals surface area (Å²) >= 11 is 1.01. The molecular formula is C17H14F3N3O4S3. The third-order valence-electron chi connectivity index (χ3n) is 3.75. The Morgan fingerprint density at radius 1 is 0.933 bits per heavy atom. The van der Waals surface area contributed by atoms with Gasteiger partial charge in [0, 0.05) is 11.9 Å². The molecule has 160 valence electrons. The molecule has 0 amide bonds. The smallest absolute Gasteiger partial charge is 0.280 e. The number of aromatic nitrogens is 1. The number of hydrogen-bond acceptors (Lipinski definition) is 6. The third-order valence-corrected chi connectivity index (χ3v) is 7.32. The third kappa shape index (κ3) is 5.16. The number of halogens is 3. The second-order valence-electron chi connectivity index (χ2n) is 5.88. The summed E-state index contributed by atoms with van der Waals surface area (Å²) in [6.45, 7) is -0.596. The fraction of sp³-hybridized carbons (Fsp3) is 0.118. The molecule has 0 saturated carbocycles. The second kappa shape index (κ2) is 8.34. The zero-order chi connectivity index (χ0) is 22.0. The Labute approximate surface area is 174 Å². The quantitative estimate of drug-likeness (QED) is 0.542. The van der Waals surface area contributed by atoms with Gasteiger partial charge in [-0.05, 0) is 29.8 Å². The van der Waals surface area contributed by atoms with Crippen LogP contribution < -0.4 is 9.44 Å². The van der Waals surface area contributed by atoms with E-state index in [1.807, 2.05) is 0 Å². The van der Waals surface area contributed by atoms with Crippen molar-refractivity contribution in [1.82, 2.24) is 9.71 Å². The summed E-state index contributed by atoms with van der Waals surface area (Å²) in [4.78, 5) is 4.60. The summed E-state index contributed by atoms with van der Waals surface area (Å²) in [6, 6.07) is 14.1. The van der Waals surface area contributed by atoms with Gasteiger partial charge in [0.25, 0.3) is 10.0 Å². The zero-order valence-electron chi connectivity index (χ0n) is 14.9. The maximum Gasteiger partial charge on any atom is 0.511 e. The first-order chi connectivity index (χ1) is 14.0. The molecule has 1 heterocycles. The summed E-state index contributed by atoms with van der Waals surface area (Å²) < 4.78 is 87.7. The molecule has 2 N–H and O–H groups in total. The van der Waals surface area contributed by atoms with Gasteiger partial charge in [-0.1, -0.05) is 30.3 Å². The van der Waals surface area contributed by atoms with Crippen LogP contribution in [0.4, 0.5) is 18.9 Å². The van der Waals surface area contributed by atoms with Gasteiger partial charge < -0.3 is 0 Å². The van der Waals surface area contributed by atoms with E-state index in [0.29, 0.717) is 16.1 Å². The second-order valence-corrected chi connectivity index (χ2v) is 10.4. The van der Waals surface area contributed by atoms with Crippen LogP contribution in [0.2, 0.25) is 0 Å². The Kier molecular flexibility index (Phi) is 6.17. The Bertz CT molecular complexity index is 1220. The predicted octanol–water partition coefficient (Wildman–Crippen LogP) is 3.55. The fourth-order valence-corrected chi connectivity index (χ4v) is 4.80. The first kappa shape index (κ1) is 22.2. The van der Waals surface area contributed by atoms with E-state index in [4.69, 9.17) is 0 Å². The minimum atomic E-state index is -5.45. The fourth-order valence-electron chi connectivity index (χ4n) is 2.28. The molecule has 3 rings (SSSR count). The van der Waals surface area contributed by atoms with Crippen LogP contribution in [-0.2, 0) is 26.6 Å². The predicted molar refractivity (Wildman–Crippen MR) is 107 cm³/mol. The zero-order valence-corrected chi connectivity index (χ0v) is 17.4. The number of nitrogens with one attached hydrogen (secondary N) is 2. The lowest BCUT2D eigenvalue weighted by Crippen LogP contribution is -2.35. The van der Waals surface area contributed by atoms with E-state index in [1.165, 1.54) is 35.2 Å². The van der Waals surface area contributed by atoms with Crippen LogP contribution in [0, 0.1) is 0 Å². The van der Waals surface area contributed by atoms with Crippen LogP contribution in [0.3, 0.4) is 0 Å². The summed E-state index contributed by atoms with van der Waals surface area (Å²) in [7, 11) is -9.18. The highest BCUT2D eigenvalue weighted by atomic mass is 32.2. The normalized spacial score (nSPS) is 12.6. The first-order valence-corrected chi connectivity index (χ1v) is 12.0. The topological polar surface area (TPSA) is 105 Å². The Morgan fingerprint density at radius 3 is 2.17 bits per heavy atom. The van der Waals surface area contributed by atoms with Crippen LogP contribution in [-0.4, -0.2) is 27.3 Å². The van der Waals surface area contributed by atoms with Crippen molar-refractivity contribution in [3.05, 3.63) is 65.8 Å². The molecule has 0 aliphatic carbocycles. The molecule has 0 atom stereocenters. The largest absolute Gasteiger partial charge is 0.511 e. The van der Waals surface area contributed by atoms with Crippen molar-refractivity contribution in [2.24, 2.45) is 0 Å². The summed E-state index contributed by atoms with van der Waals surface area (Å²) in [5, 5.41) is 0.145. The van der Waals surface area contributed by atoms with Gasteiger partial charge in [-0.25, -0.2) is 26.5 Å². The molecule has 3 aromatic rings. The van der Waals surface area contributed by atoms with Crippen molar-refractivity contribution in [2.75, 3.05) is 4.72 Å². The maximum absolute atomic E-state index is 12.4. The SMILES string of the molecule is O=S(=O)(Nc1ccc(-c2cnc(CNS(=O)(=O)C(F)(F)F)s2)cc1)c1ccccc1. The molecule has 0 radical (unpaired) electrons. The van der Waals surface area contributed by atoms with Crippen molar-refractivity contribution in [3.63, 3.8) is 0 Å². The molecule has 7 nitrogen and oxygen atoms in total. The molecule has 0 aliphatic rings.